The molecule has 1 aliphatic heterocycles. The van der Waals surface area contributed by atoms with E-state index in [1.165, 1.54) is 6.33 Å². The molecular weight excluding hydrogens is 216 g/mol. The van der Waals surface area contributed by atoms with E-state index in [1.54, 1.807) is 0 Å². The molecule has 0 atom stereocenters. The molecule has 6 heteroatoms. The lowest BCUT2D eigenvalue weighted by molar-refractivity contribution is 0.230. The third kappa shape index (κ3) is 3.26. The molecule has 1 aromatic heterocycles. The van der Waals surface area contributed by atoms with Gasteiger partial charge in [0.2, 0.25) is 11.9 Å². The summed E-state index contributed by atoms with van der Waals surface area (Å²) in [6, 6.07) is 0. The molecule has 0 aliphatic carbocycles. The van der Waals surface area contributed by atoms with Crippen LogP contribution in [-0.2, 0) is 0 Å². The summed E-state index contributed by atoms with van der Waals surface area (Å²) in [5, 5.41) is 0. The van der Waals surface area contributed by atoms with Gasteiger partial charge in [0, 0.05) is 32.7 Å². The maximum absolute atomic E-state index is 5.56. The van der Waals surface area contributed by atoms with Crippen LogP contribution < -0.4 is 10.6 Å². The highest BCUT2D eigenvalue weighted by molar-refractivity contribution is 5.33. The van der Waals surface area contributed by atoms with Crippen LogP contribution in [0.25, 0.3) is 0 Å². The number of hydrogen-bond donors (Lipinski definition) is 1. The summed E-state index contributed by atoms with van der Waals surface area (Å²) >= 11 is 0. The SMILES string of the molecule is CC(C)CN1CCN(c2ncnc(N)n2)CC1. The molecule has 1 aliphatic rings. The first kappa shape index (κ1) is 12.0. The van der Waals surface area contributed by atoms with Crippen molar-refractivity contribution >= 4 is 11.9 Å². The molecule has 17 heavy (non-hydrogen) atoms. The number of nitrogen functional groups attached to an aromatic ring is 1. The van der Waals surface area contributed by atoms with Gasteiger partial charge in [0.25, 0.3) is 0 Å². The zero-order chi connectivity index (χ0) is 12.3. The van der Waals surface area contributed by atoms with E-state index < -0.39 is 0 Å². The molecule has 1 aromatic rings. The fourth-order valence-corrected chi connectivity index (χ4v) is 2.10. The van der Waals surface area contributed by atoms with Crippen molar-refractivity contribution in [2.45, 2.75) is 13.8 Å². The molecule has 0 radical (unpaired) electrons. The molecule has 6 nitrogen and oxygen atoms in total. The standard InChI is InChI=1S/C11H20N6/c1-9(2)7-16-3-5-17(6-4-16)11-14-8-13-10(12)15-11/h8-9H,3-7H2,1-2H3,(H2,12,13,14,15). The fourth-order valence-electron chi connectivity index (χ4n) is 2.10. The summed E-state index contributed by atoms with van der Waals surface area (Å²) in [7, 11) is 0. The zero-order valence-electron chi connectivity index (χ0n) is 10.5. The van der Waals surface area contributed by atoms with Gasteiger partial charge in [-0.15, -0.1) is 0 Å². The lowest BCUT2D eigenvalue weighted by atomic mass is 10.2. The minimum atomic E-state index is 0.291. The van der Waals surface area contributed by atoms with E-state index >= 15 is 0 Å². The number of piperazine rings is 1. The second kappa shape index (κ2) is 5.27. The third-order valence-corrected chi connectivity index (χ3v) is 2.86. The Balaban J connectivity index is 1.91. The average Bonchev–Trinajstić information content (AvgIpc) is 2.29. The van der Waals surface area contributed by atoms with Gasteiger partial charge in [-0.1, -0.05) is 13.8 Å². The molecule has 0 aromatic carbocycles. The van der Waals surface area contributed by atoms with Crippen LogP contribution in [0.3, 0.4) is 0 Å². The summed E-state index contributed by atoms with van der Waals surface area (Å²) in [6.07, 6.45) is 1.47. The van der Waals surface area contributed by atoms with Crippen molar-refractivity contribution in [2.75, 3.05) is 43.4 Å². The molecule has 2 N–H and O–H groups in total. The second-order valence-corrected chi connectivity index (χ2v) is 4.83. The Morgan fingerprint density at radius 3 is 2.53 bits per heavy atom. The number of hydrogen-bond acceptors (Lipinski definition) is 6. The van der Waals surface area contributed by atoms with E-state index in [0.29, 0.717) is 11.9 Å². The van der Waals surface area contributed by atoms with E-state index in [2.05, 4.69) is 38.6 Å². The van der Waals surface area contributed by atoms with Gasteiger partial charge in [0.15, 0.2) is 0 Å². The van der Waals surface area contributed by atoms with E-state index in [1.807, 2.05) is 0 Å². The van der Waals surface area contributed by atoms with Crippen molar-refractivity contribution in [3.63, 3.8) is 0 Å². The first-order valence-corrected chi connectivity index (χ1v) is 6.07. The van der Waals surface area contributed by atoms with Crippen molar-refractivity contribution in [3.8, 4) is 0 Å². The van der Waals surface area contributed by atoms with Gasteiger partial charge in [-0.25, -0.2) is 9.97 Å². The van der Waals surface area contributed by atoms with E-state index in [9.17, 15) is 0 Å². The van der Waals surface area contributed by atoms with Gasteiger partial charge in [-0.2, -0.15) is 4.98 Å². The normalized spacial score (nSPS) is 17.7. The van der Waals surface area contributed by atoms with Crippen LogP contribution in [0.4, 0.5) is 11.9 Å². The van der Waals surface area contributed by atoms with Gasteiger partial charge in [0.05, 0.1) is 0 Å². The predicted octanol–water partition coefficient (Wildman–Crippen LogP) is 0.232. The van der Waals surface area contributed by atoms with Crippen LogP contribution in [0.2, 0.25) is 0 Å². The monoisotopic (exact) mass is 236 g/mol. The Kier molecular flexibility index (Phi) is 3.73. The third-order valence-electron chi connectivity index (χ3n) is 2.86. The molecule has 2 rings (SSSR count). The van der Waals surface area contributed by atoms with Gasteiger partial charge in [-0.3, -0.25) is 4.90 Å². The maximum atomic E-state index is 5.56. The smallest absolute Gasteiger partial charge is 0.230 e. The highest BCUT2D eigenvalue weighted by Gasteiger charge is 2.19. The van der Waals surface area contributed by atoms with Crippen molar-refractivity contribution in [2.24, 2.45) is 5.92 Å². The predicted molar refractivity (Wildman–Crippen MR) is 67.7 cm³/mol. The average molecular weight is 236 g/mol. The first-order valence-electron chi connectivity index (χ1n) is 6.07. The summed E-state index contributed by atoms with van der Waals surface area (Å²) < 4.78 is 0. The molecule has 1 saturated heterocycles. The van der Waals surface area contributed by atoms with E-state index in [0.717, 1.165) is 38.6 Å². The summed E-state index contributed by atoms with van der Waals surface area (Å²) in [5.41, 5.74) is 5.56. The number of nitrogens with two attached hydrogens (primary N) is 1. The van der Waals surface area contributed by atoms with Gasteiger partial charge in [-0.05, 0) is 5.92 Å². The lowest BCUT2D eigenvalue weighted by Gasteiger charge is -2.35. The summed E-state index contributed by atoms with van der Waals surface area (Å²) in [4.78, 5) is 16.7. The number of anilines is 2. The molecule has 0 amide bonds. The second-order valence-electron chi connectivity index (χ2n) is 4.83. The van der Waals surface area contributed by atoms with Crippen LogP contribution >= 0.6 is 0 Å². The topological polar surface area (TPSA) is 71.2 Å². The zero-order valence-corrected chi connectivity index (χ0v) is 10.5. The quantitative estimate of drug-likeness (QED) is 0.810. The Morgan fingerprint density at radius 1 is 1.24 bits per heavy atom. The minimum Gasteiger partial charge on any atom is -0.368 e. The Bertz CT molecular complexity index is 359. The highest BCUT2D eigenvalue weighted by atomic mass is 15.3. The minimum absolute atomic E-state index is 0.291. The molecule has 0 unspecified atom stereocenters. The molecule has 0 spiro atoms. The van der Waals surface area contributed by atoms with Crippen molar-refractivity contribution in [1.82, 2.24) is 19.9 Å². The fraction of sp³-hybridized carbons (Fsp3) is 0.727. The Hall–Kier alpha value is -1.43. The largest absolute Gasteiger partial charge is 0.368 e. The van der Waals surface area contributed by atoms with Crippen molar-refractivity contribution < 1.29 is 0 Å². The van der Waals surface area contributed by atoms with E-state index in [4.69, 9.17) is 5.73 Å². The molecule has 1 fully saturated rings. The number of rotatable bonds is 3. The molecular formula is C11H20N6. The highest BCUT2D eigenvalue weighted by Crippen LogP contribution is 2.11. The van der Waals surface area contributed by atoms with E-state index in [-0.39, 0.29) is 0 Å². The van der Waals surface area contributed by atoms with Gasteiger partial charge >= 0.3 is 0 Å². The summed E-state index contributed by atoms with van der Waals surface area (Å²) in [5.74, 6) is 1.70. The Morgan fingerprint density at radius 2 is 1.94 bits per heavy atom. The number of nitrogens with zero attached hydrogens (tertiary/aromatic N) is 5. The van der Waals surface area contributed by atoms with Crippen LogP contribution in [0.1, 0.15) is 13.8 Å². The molecule has 2 heterocycles. The van der Waals surface area contributed by atoms with Crippen LogP contribution in [0.5, 0.6) is 0 Å². The Labute approximate surface area is 102 Å². The molecule has 94 valence electrons. The van der Waals surface area contributed by atoms with Crippen molar-refractivity contribution in [1.29, 1.82) is 0 Å². The van der Waals surface area contributed by atoms with Crippen LogP contribution in [0, 0.1) is 5.92 Å². The van der Waals surface area contributed by atoms with Gasteiger partial charge in [0.1, 0.15) is 6.33 Å². The first-order chi connectivity index (χ1) is 8.15. The molecule has 0 bridgehead atoms. The van der Waals surface area contributed by atoms with Crippen LogP contribution in [0.15, 0.2) is 6.33 Å². The summed E-state index contributed by atoms with van der Waals surface area (Å²) in [6.45, 7) is 9.69. The van der Waals surface area contributed by atoms with Crippen molar-refractivity contribution in [3.05, 3.63) is 6.33 Å². The number of aromatic nitrogens is 3. The van der Waals surface area contributed by atoms with Crippen LogP contribution in [-0.4, -0.2) is 52.6 Å². The van der Waals surface area contributed by atoms with Gasteiger partial charge < -0.3 is 10.6 Å². The lowest BCUT2D eigenvalue weighted by Crippen LogP contribution is -2.48. The molecule has 0 saturated carbocycles. The maximum Gasteiger partial charge on any atom is 0.230 e.